The summed E-state index contributed by atoms with van der Waals surface area (Å²) in [5, 5.41) is 0. The van der Waals surface area contributed by atoms with Crippen molar-refractivity contribution in [3.63, 3.8) is 0 Å². The standard InChI is InChI=1S/C18H23N5O/c19-17-12-15(8-9-21-17)23-11-10-22(14-4-2-1-3-5-14)13-16(23)6-7-18(20)24/h1-5,8-9,12,16H,6-7,10-11,13H2,(H2,19,21)(H2,20,24). The molecule has 0 spiro atoms. The molecule has 0 radical (unpaired) electrons. The maximum absolute atomic E-state index is 11.3. The lowest BCUT2D eigenvalue weighted by Gasteiger charge is -2.44. The maximum Gasteiger partial charge on any atom is 0.217 e. The Morgan fingerprint density at radius 2 is 1.96 bits per heavy atom. The summed E-state index contributed by atoms with van der Waals surface area (Å²) in [5.41, 5.74) is 13.4. The Morgan fingerprint density at radius 1 is 1.17 bits per heavy atom. The van der Waals surface area contributed by atoms with Crippen molar-refractivity contribution in [1.82, 2.24) is 4.98 Å². The van der Waals surface area contributed by atoms with Crippen LogP contribution in [0.1, 0.15) is 12.8 Å². The molecule has 24 heavy (non-hydrogen) atoms. The maximum atomic E-state index is 11.3. The van der Waals surface area contributed by atoms with Crippen molar-refractivity contribution in [3.05, 3.63) is 48.7 Å². The fraction of sp³-hybridized carbons (Fsp3) is 0.333. The van der Waals surface area contributed by atoms with Gasteiger partial charge in [0.25, 0.3) is 0 Å². The number of nitrogen functional groups attached to an aromatic ring is 1. The molecule has 1 aliphatic rings. The third kappa shape index (κ3) is 3.76. The SMILES string of the molecule is NC(=O)CCC1CN(c2ccccc2)CCN1c1ccnc(N)c1. The molecule has 1 aliphatic heterocycles. The van der Waals surface area contributed by atoms with Crippen molar-refractivity contribution in [1.29, 1.82) is 0 Å². The van der Waals surface area contributed by atoms with Crippen LogP contribution in [0.15, 0.2) is 48.7 Å². The molecule has 1 fully saturated rings. The van der Waals surface area contributed by atoms with Crippen molar-refractivity contribution in [2.45, 2.75) is 18.9 Å². The number of rotatable bonds is 5. The average Bonchev–Trinajstić information content (AvgIpc) is 2.60. The van der Waals surface area contributed by atoms with Crippen LogP contribution < -0.4 is 21.3 Å². The second-order valence-corrected chi connectivity index (χ2v) is 6.07. The minimum absolute atomic E-state index is 0.202. The summed E-state index contributed by atoms with van der Waals surface area (Å²) in [5.74, 6) is 0.243. The highest BCUT2D eigenvalue weighted by molar-refractivity contribution is 5.73. The van der Waals surface area contributed by atoms with Crippen LogP contribution in [-0.4, -0.2) is 36.6 Å². The van der Waals surface area contributed by atoms with Crippen LogP contribution in [0.3, 0.4) is 0 Å². The van der Waals surface area contributed by atoms with Gasteiger partial charge in [0.05, 0.1) is 0 Å². The molecule has 3 rings (SSSR count). The number of benzene rings is 1. The lowest BCUT2D eigenvalue weighted by molar-refractivity contribution is -0.118. The molecular formula is C18H23N5O. The first-order valence-corrected chi connectivity index (χ1v) is 8.20. The Kier molecular flexibility index (Phi) is 4.84. The van der Waals surface area contributed by atoms with E-state index in [0.29, 0.717) is 12.2 Å². The van der Waals surface area contributed by atoms with Crippen molar-refractivity contribution < 1.29 is 4.79 Å². The molecular weight excluding hydrogens is 302 g/mol. The number of carbonyl (C=O) groups is 1. The topological polar surface area (TPSA) is 88.5 Å². The number of nitrogens with zero attached hydrogens (tertiary/aromatic N) is 3. The summed E-state index contributed by atoms with van der Waals surface area (Å²) < 4.78 is 0. The molecule has 0 saturated carbocycles. The van der Waals surface area contributed by atoms with Crippen LogP contribution in [0, 0.1) is 0 Å². The fourth-order valence-electron chi connectivity index (χ4n) is 3.24. The lowest BCUT2D eigenvalue weighted by atomic mass is 10.0. The summed E-state index contributed by atoms with van der Waals surface area (Å²) in [6.07, 6.45) is 2.82. The summed E-state index contributed by atoms with van der Waals surface area (Å²) in [6, 6.07) is 14.4. The Balaban J connectivity index is 1.80. The molecule has 126 valence electrons. The number of hydrogen-bond acceptors (Lipinski definition) is 5. The number of hydrogen-bond donors (Lipinski definition) is 2. The molecule has 6 heteroatoms. The second-order valence-electron chi connectivity index (χ2n) is 6.07. The Hall–Kier alpha value is -2.76. The molecule has 4 N–H and O–H groups in total. The Morgan fingerprint density at radius 3 is 2.67 bits per heavy atom. The van der Waals surface area contributed by atoms with Crippen molar-refractivity contribution in [2.75, 3.05) is 35.2 Å². The highest BCUT2D eigenvalue weighted by Crippen LogP contribution is 2.26. The lowest BCUT2D eigenvalue weighted by Crippen LogP contribution is -2.53. The molecule has 1 saturated heterocycles. The van der Waals surface area contributed by atoms with Crippen LogP contribution in [0.5, 0.6) is 0 Å². The number of aromatic nitrogens is 1. The van der Waals surface area contributed by atoms with E-state index >= 15 is 0 Å². The average molecular weight is 325 g/mol. The van der Waals surface area contributed by atoms with Crippen molar-refractivity contribution >= 4 is 23.1 Å². The minimum atomic E-state index is -0.263. The number of piperazine rings is 1. The molecule has 0 bridgehead atoms. The first-order chi connectivity index (χ1) is 11.6. The van der Waals surface area contributed by atoms with E-state index in [9.17, 15) is 4.79 Å². The summed E-state index contributed by atoms with van der Waals surface area (Å²) >= 11 is 0. The number of para-hydroxylation sites is 1. The van der Waals surface area contributed by atoms with E-state index in [4.69, 9.17) is 11.5 Å². The molecule has 2 aromatic rings. The Bertz CT molecular complexity index is 691. The van der Waals surface area contributed by atoms with Crippen LogP contribution in [-0.2, 0) is 4.79 Å². The molecule has 1 unspecified atom stereocenters. The van der Waals surface area contributed by atoms with E-state index in [-0.39, 0.29) is 11.9 Å². The van der Waals surface area contributed by atoms with Crippen molar-refractivity contribution in [2.24, 2.45) is 5.73 Å². The fourth-order valence-corrected chi connectivity index (χ4v) is 3.24. The van der Waals surface area contributed by atoms with Gasteiger partial charge in [0.15, 0.2) is 0 Å². The first kappa shape index (κ1) is 16.1. The predicted molar refractivity (Wildman–Crippen MR) is 96.9 cm³/mol. The molecule has 0 aliphatic carbocycles. The number of carbonyl (C=O) groups excluding carboxylic acids is 1. The van der Waals surface area contributed by atoms with Crippen LogP contribution in [0.2, 0.25) is 0 Å². The highest BCUT2D eigenvalue weighted by atomic mass is 16.1. The van der Waals surface area contributed by atoms with Gasteiger partial charge in [-0.2, -0.15) is 0 Å². The van der Waals surface area contributed by atoms with Crippen molar-refractivity contribution in [3.8, 4) is 0 Å². The molecule has 1 aromatic carbocycles. The van der Waals surface area contributed by atoms with Gasteiger partial charge in [0.1, 0.15) is 5.82 Å². The van der Waals surface area contributed by atoms with E-state index in [1.165, 1.54) is 5.69 Å². The smallest absolute Gasteiger partial charge is 0.217 e. The van der Waals surface area contributed by atoms with Gasteiger partial charge in [-0.15, -0.1) is 0 Å². The van der Waals surface area contributed by atoms with Gasteiger partial charge in [-0.3, -0.25) is 4.79 Å². The van der Waals surface area contributed by atoms with Crippen LogP contribution in [0.25, 0.3) is 0 Å². The van der Waals surface area contributed by atoms with Gasteiger partial charge in [0, 0.05) is 55.7 Å². The molecule has 6 nitrogen and oxygen atoms in total. The van der Waals surface area contributed by atoms with E-state index < -0.39 is 0 Å². The van der Waals surface area contributed by atoms with E-state index in [1.807, 2.05) is 30.3 Å². The number of pyridine rings is 1. The second kappa shape index (κ2) is 7.21. The van der Waals surface area contributed by atoms with E-state index in [2.05, 4.69) is 26.9 Å². The van der Waals surface area contributed by atoms with E-state index in [1.54, 1.807) is 6.20 Å². The van der Waals surface area contributed by atoms with Gasteiger partial charge >= 0.3 is 0 Å². The minimum Gasteiger partial charge on any atom is -0.384 e. The highest BCUT2D eigenvalue weighted by Gasteiger charge is 2.27. The molecule has 2 heterocycles. The first-order valence-electron chi connectivity index (χ1n) is 8.20. The number of amides is 1. The zero-order valence-electron chi connectivity index (χ0n) is 13.6. The zero-order chi connectivity index (χ0) is 16.9. The van der Waals surface area contributed by atoms with Crippen LogP contribution in [0.4, 0.5) is 17.2 Å². The summed E-state index contributed by atoms with van der Waals surface area (Å²) in [6.45, 7) is 2.63. The van der Waals surface area contributed by atoms with Gasteiger partial charge in [-0.05, 0) is 24.6 Å². The van der Waals surface area contributed by atoms with Gasteiger partial charge in [-0.25, -0.2) is 4.98 Å². The van der Waals surface area contributed by atoms with Gasteiger partial charge in [0.2, 0.25) is 5.91 Å². The third-order valence-corrected chi connectivity index (χ3v) is 4.42. The summed E-state index contributed by atoms with van der Waals surface area (Å²) in [7, 11) is 0. The quantitative estimate of drug-likeness (QED) is 0.872. The number of anilines is 3. The number of primary amides is 1. The van der Waals surface area contributed by atoms with Gasteiger partial charge < -0.3 is 21.3 Å². The molecule has 1 amide bonds. The largest absolute Gasteiger partial charge is 0.384 e. The third-order valence-electron chi connectivity index (χ3n) is 4.42. The Labute approximate surface area is 142 Å². The number of nitrogens with two attached hydrogens (primary N) is 2. The normalized spacial score (nSPS) is 17.8. The predicted octanol–water partition coefficient (Wildman–Crippen LogP) is 1.62. The van der Waals surface area contributed by atoms with Gasteiger partial charge in [-0.1, -0.05) is 18.2 Å². The molecule has 1 atom stereocenters. The van der Waals surface area contributed by atoms with Crippen LogP contribution >= 0.6 is 0 Å². The molecule has 1 aromatic heterocycles. The zero-order valence-corrected chi connectivity index (χ0v) is 13.6. The summed E-state index contributed by atoms with van der Waals surface area (Å²) in [4.78, 5) is 20.0. The monoisotopic (exact) mass is 325 g/mol. The van der Waals surface area contributed by atoms with E-state index in [0.717, 1.165) is 31.7 Å².